The monoisotopic (exact) mass is 345 g/mol. The summed E-state index contributed by atoms with van der Waals surface area (Å²) in [5.74, 6) is 0.907. The van der Waals surface area contributed by atoms with E-state index in [-0.39, 0.29) is 0 Å². The van der Waals surface area contributed by atoms with Gasteiger partial charge in [0.1, 0.15) is 12.4 Å². The van der Waals surface area contributed by atoms with Crippen molar-refractivity contribution in [3.8, 4) is 5.75 Å². The molecule has 0 spiro atoms. The molecule has 4 nitrogen and oxygen atoms in total. The van der Waals surface area contributed by atoms with E-state index in [1.165, 1.54) is 0 Å². The quantitative estimate of drug-likeness (QED) is 0.638. The normalized spacial score (nSPS) is 10.8. The number of rotatable bonds is 10. The molecule has 0 amide bonds. The van der Waals surface area contributed by atoms with Crippen LogP contribution in [0.4, 0.5) is 5.69 Å². The van der Waals surface area contributed by atoms with E-state index in [9.17, 15) is 0 Å². The van der Waals surface area contributed by atoms with Crippen molar-refractivity contribution in [2.75, 3.05) is 31.0 Å². The summed E-state index contributed by atoms with van der Waals surface area (Å²) < 4.78 is 9.14. The van der Waals surface area contributed by atoms with Crippen molar-refractivity contribution in [1.82, 2.24) is 4.90 Å². The van der Waals surface area contributed by atoms with Crippen LogP contribution in [0.5, 0.6) is 5.75 Å². The van der Waals surface area contributed by atoms with Crippen molar-refractivity contribution < 1.29 is 4.74 Å². The number of likely N-dealkylation sites (N-methyl/N-ethyl adjacent to an activating group) is 1. The Kier molecular flexibility index (Phi) is 7.95. The van der Waals surface area contributed by atoms with E-state index < -0.39 is 0 Å². The molecule has 0 aliphatic rings. The first-order valence-electron chi connectivity index (χ1n) is 8.42. The summed E-state index contributed by atoms with van der Waals surface area (Å²) in [6.07, 6.45) is 0. The van der Waals surface area contributed by atoms with E-state index >= 15 is 0 Å². The number of nitrogens with one attached hydrogen (secondary N) is 1. The third-order valence-corrected chi connectivity index (χ3v) is 4.72. The smallest absolute Gasteiger partial charge is 0.119 e. The van der Waals surface area contributed by atoms with Gasteiger partial charge in [-0.2, -0.15) is 0 Å². The maximum absolute atomic E-state index is 5.80. The fraction of sp³-hybridized carbons (Fsp3) is 0.368. The Bertz CT molecular complexity index is 583. The SMILES string of the molecule is CCN(CC)CCOc1ccc(NSc2ccc(CN)cc2)cc1. The van der Waals surface area contributed by atoms with Crippen LogP contribution in [0.15, 0.2) is 53.4 Å². The highest BCUT2D eigenvalue weighted by molar-refractivity contribution is 8.00. The van der Waals surface area contributed by atoms with E-state index in [2.05, 4.69) is 47.7 Å². The second-order valence-electron chi connectivity index (χ2n) is 5.45. The number of benzene rings is 2. The lowest BCUT2D eigenvalue weighted by Crippen LogP contribution is -2.27. The Morgan fingerprint density at radius 2 is 1.67 bits per heavy atom. The average Bonchev–Trinajstić information content (AvgIpc) is 2.65. The van der Waals surface area contributed by atoms with Gasteiger partial charge in [0.25, 0.3) is 0 Å². The third kappa shape index (κ3) is 6.07. The van der Waals surface area contributed by atoms with Crippen LogP contribution in [0, 0.1) is 0 Å². The highest BCUT2D eigenvalue weighted by atomic mass is 32.2. The van der Waals surface area contributed by atoms with Gasteiger partial charge >= 0.3 is 0 Å². The maximum atomic E-state index is 5.80. The standard InChI is InChI=1S/C19H27N3OS/c1-3-22(4-2)13-14-23-18-9-7-17(8-10-18)21-24-19-11-5-16(15-20)6-12-19/h5-12,21H,3-4,13-15,20H2,1-2H3. The molecule has 24 heavy (non-hydrogen) atoms. The van der Waals surface area contributed by atoms with Crippen LogP contribution in [0.2, 0.25) is 0 Å². The topological polar surface area (TPSA) is 50.5 Å². The molecule has 0 radical (unpaired) electrons. The van der Waals surface area contributed by atoms with Crippen LogP contribution in [0.25, 0.3) is 0 Å². The lowest BCUT2D eigenvalue weighted by molar-refractivity contribution is 0.223. The summed E-state index contributed by atoms with van der Waals surface area (Å²) in [5.41, 5.74) is 7.81. The molecule has 0 bridgehead atoms. The van der Waals surface area contributed by atoms with Crippen LogP contribution in [0.3, 0.4) is 0 Å². The van der Waals surface area contributed by atoms with E-state index in [4.69, 9.17) is 10.5 Å². The van der Waals surface area contributed by atoms with Gasteiger partial charge in [-0.15, -0.1) is 0 Å². The molecule has 0 atom stereocenters. The summed E-state index contributed by atoms with van der Waals surface area (Å²) in [6, 6.07) is 16.3. The Hall–Kier alpha value is -1.69. The predicted octanol–water partition coefficient (Wildman–Crippen LogP) is 3.99. The van der Waals surface area contributed by atoms with Crippen LogP contribution in [0.1, 0.15) is 19.4 Å². The fourth-order valence-corrected chi connectivity index (χ4v) is 2.91. The van der Waals surface area contributed by atoms with Gasteiger partial charge in [0.15, 0.2) is 0 Å². The first-order chi connectivity index (χ1) is 11.7. The van der Waals surface area contributed by atoms with Crippen molar-refractivity contribution in [2.45, 2.75) is 25.3 Å². The lowest BCUT2D eigenvalue weighted by Gasteiger charge is -2.18. The second-order valence-corrected chi connectivity index (χ2v) is 6.33. The number of hydrogen-bond acceptors (Lipinski definition) is 5. The van der Waals surface area contributed by atoms with Gasteiger partial charge < -0.3 is 20.1 Å². The van der Waals surface area contributed by atoms with Crippen LogP contribution >= 0.6 is 11.9 Å². The van der Waals surface area contributed by atoms with Crippen molar-refractivity contribution in [3.05, 3.63) is 54.1 Å². The number of ether oxygens (including phenoxy) is 1. The summed E-state index contributed by atoms with van der Waals surface area (Å²) in [4.78, 5) is 3.51. The molecule has 130 valence electrons. The first-order valence-corrected chi connectivity index (χ1v) is 9.23. The van der Waals surface area contributed by atoms with Gasteiger partial charge in [0.2, 0.25) is 0 Å². The molecule has 2 aromatic carbocycles. The molecule has 0 unspecified atom stereocenters. The Labute approximate surface area is 149 Å². The molecule has 3 N–H and O–H groups in total. The first kappa shape index (κ1) is 18.6. The molecule has 2 rings (SSSR count). The van der Waals surface area contributed by atoms with Crippen LogP contribution in [-0.4, -0.2) is 31.1 Å². The number of hydrogen-bond donors (Lipinski definition) is 2. The number of nitrogens with zero attached hydrogens (tertiary/aromatic N) is 1. The van der Waals surface area contributed by atoms with Gasteiger partial charge in [0.05, 0.1) is 0 Å². The largest absolute Gasteiger partial charge is 0.492 e. The average molecular weight is 346 g/mol. The van der Waals surface area contributed by atoms with Gasteiger partial charge in [-0.05, 0) is 67.0 Å². The van der Waals surface area contributed by atoms with E-state index in [0.29, 0.717) is 6.54 Å². The summed E-state index contributed by atoms with van der Waals surface area (Å²) in [5, 5.41) is 0. The number of anilines is 1. The fourth-order valence-electron chi connectivity index (χ4n) is 2.26. The Balaban J connectivity index is 1.76. The molecule has 0 saturated carbocycles. The molecular weight excluding hydrogens is 318 g/mol. The maximum Gasteiger partial charge on any atom is 0.119 e. The van der Waals surface area contributed by atoms with E-state index in [1.807, 2.05) is 24.3 Å². The molecule has 2 aromatic rings. The predicted molar refractivity (Wildman–Crippen MR) is 104 cm³/mol. The summed E-state index contributed by atoms with van der Waals surface area (Å²) in [6.45, 7) is 8.72. The molecule has 5 heteroatoms. The highest BCUT2D eigenvalue weighted by Crippen LogP contribution is 2.23. The zero-order valence-corrected chi connectivity index (χ0v) is 15.3. The molecule has 0 fully saturated rings. The van der Waals surface area contributed by atoms with Gasteiger partial charge in [-0.1, -0.05) is 26.0 Å². The second kappa shape index (κ2) is 10.2. The zero-order valence-electron chi connectivity index (χ0n) is 14.5. The van der Waals surface area contributed by atoms with Crippen LogP contribution < -0.4 is 15.2 Å². The van der Waals surface area contributed by atoms with Crippen molar-refractivity contribution in [2.24, 2.45) is 5.73 Å². The minimum absolute atomic E-state index is 0.577. The molecule has 0 aromatic heterocycles. The molecule has 0 heterocycles. The van der Waals surface area contributed by atoms with Crippen LogP contribution in [-0.2, 0) is 6.54 Å². The van der Waals surface area contributed by atoms with Crippen molar-refractivity contribution in [3.63, 3.8) is 0 Å². The van der Waals surface area contributed by atoms with Crippen molar-refractivity contribution >= 4 is 17.6 Å². The van der Waals surface area contributed by atoms with Gasteiger partial charge in [-0.25, -0.2) is 0 Å². The summed E-state index contributed by atoms with van der Waals surface area (Å²) in [7, 11) is 0. The molecule has 0 aliphatic carbocycles. The molecular formula is C19H27N3OS. The van der Waals surface area contributed by atoms with E-state index in [0.717, 1.165) is 48.1 Å². The van der Waals surface area contributed by atoms with Gasteiger partial charge in [0, 0.05) is 23.7 Å². The zero-order chi connectivity index (χ0) is 17.2. The number of nitrogens with two attached hydrogens (primary N) is 1. The Morgan fingerprint density at radius 3 is 2.25 bits per heavy atom. The lowest BCUT2D eigenvalue weighted by atomic mass is 10.2. The molecule has 0 aliphatic heterocycles. The Morgan fingerprint density at radius 1 is 1.00 bits per heavy atom. The van der Waals surface area contributed by atoms with Crippen molar-refractivity contribution in [1.29, 1.82) is 0 Å². The molecule has 0 saturated heterocycles. The minimum atomic E-state index is 0.577. The van der Waals surface area contributed by atoms with Gasteiger partial charge in [-0.3, -0.25) is 0 Å². The third-order valence-electron chi connectivity index (χ3n) is 3.87. The minimum Gasteiger partial charge on any atom is -0.492 e. The summed E-state index contributed by atoms with van der Waals surface area (Å²) >= 11 is 1.59. The van der Waals surface area contributed by atoms with E-state index in [1.54, 1.807) is 11.9 Å². The highest BCUT2D eigenvalue weighted by Gasteiger charge is 2.01.